The minimum Gasteiger partial charge on any atom is -0.497 e. The summed E-state index contributed by atoms with van der Waals surface area (Å²) in [5.74, 6) is 0.807. The van der Waals surface area contributed by atoms with Crippen molar-refractivity contribution in [1.82, 2.24) is 4.90 Å². The van der Waals surface area contributed by atoms with Crippen molar-refractivity contribution in [2.75, 3.05) is 27.0 Å². The Morgan fingerprint density at radius 3 is 2.59 bits per heavy atom. The van der Waals surface area contributed by atoms with Crippen LogP contribution in [0.3, 0.4) is 0 Å². The van der Waals surface area contributed by atoms with E-state index in [2.05, 4.69) is 11.0 Å². The molecule has 10 heteroatoms. The Morgan fingerprint density at radius 2 is 1.90 bits per heavy atom. The Bertz CT molecular complexity index is 1210. The van der Waals surface area contributed by atoms with Gasteiger partial charge in [0.05, 0.1) is 30.6 Å². The first-order valence-electron chi connectivity index (χ1n) is 14.6. The first-order valence-corrected chi connectivity index (χ1v) is 15.5. The molecule has 1 fully saturated rings. The molecule has 4 atom stereocenters. The first kappa shape index (κ1) is 30.2. The van der Waals surface area contributed by atoms with Crippen molar-refractivity contribution in [3.8, 4) is 11.5 Å². The molecule has 1 spiro atoms. The lowest BCUT2D eigenvalue weighted by Crippen LogP contribution is -2.49. The quantitative estimate of drug-likeness (QED) is 0.387. The molecule has 1 aromatic carbocycles. The molecule has 5 rings (SSSR count). The van der Waals surface area contributed by atoms with E-state index < -0.39 is 28.8 Å². The highest BCUT2D eigenvalue weighted by Gasteiger charge is 2.59. The van der Waals surface area contributed by atoms with Crippen LogP contribution >= 0.6 is 11.8 Å². The van der Waals surface area contributed by atoms with Gasteiger partial charge in [-0.3, -0.25) is 9.69 Å². The maximum Gasteiger partial charge on any atom is 0.339 e. The van der Waals surface area contributed by atoms with E-state index in [0.29, 0.717) is 30.1 Å². The van der Waals surface area contributed by atoms with Crippen LogP contribution in [0, 0.1) is 0 Å². The molecule has 1 unspecified atom stereocenters. The van der Waals surface area contributed by atoms with Crippen LogP contribution in [0.5, 0.6) is 11.5 Å². The molecule has 2 N–H and O–H groups in total. The topological polar surface area (TPSA) is 115 Å². The zero-order valence-corrected chi connectivity index (χ0v) is 25.6. The Labute approximate surface area is 246 Å². The molecule has 0 aromatic heterocycles. The number of aliphatic hydroxyl groups is 2. The van der Waals surface area contributed by atoms with E-state index in [1.165, 1.54) is 0 Å². The summed E-state index contributed by atoms with van der Waals surface area (Å²) in [5, 5.41) is 21.7. The summed E-state index contributed by atoms with van der Waals surface area (Å²) in [6.07, 6.45) is 4.37. The highest BCUT2D eigenvalue weighted by atomic mass is 32.2. The van der Waals surface area contributed by atoms with Crippen molar-refractivity contribution in [3.05, 3.63) is 35.1 Å². The summed E-state index contributed by atoms with van der Waals surface area (Å²) in [5.41, 5.74) is -1.26. The largest absolute Gasteiger partial charge is 0.497 e. The van der Waals surface area contributed by atoms with Gasteiger partial charge in [-0.15, -0.1) is 0 Å². The number of benzene rings is 1. The molecule has 1 saturated heterocycles. The standard InChI is InChI=1S/C31H43NO8S/c1-19(2)41-25(33)17-31(36,11-6-9-29(3,4)35)28(34)40-27-24(37-5)16-30-10-7-12-32(30)13-8-20-14-22-23(39-18-38-22)15-21(20)26(27)30/h14-16,19,26-27,35-36H,6-13,17-18H2,1-5H3/t26?,27-,30+,31+/m1/s1. The van der Waals surface area contributed by atoms with Crippen LogP contribution in [0.15, 0.2) is 24.0 Å². The fraction of sp³-hybridized carbons (Fsp3) is 0.677. The van der Waals surface area contributed by atoms with Gasteiger partial charge in [0.15, 0.2) is 28.3 Å². The van der Waals surface area contributed by atoms with Crippen molar-refractivity contribution < 1.29 is 38.7 Å². The van der Waals surface area contributed by atoms with E-state index in [9.17, 15) is 19.8 Å². The van der Waals surface area contributed by atoms with Gasteiger partial charge >= 0.3 is 5.97 Å². The number of nitrogens with zero attached hydrogens (tertiary/aromatic N) is 1. The van der Waals surface area contributed by atoms with Gasteiger partial charge in [-0.05, 0) is 88.3 Å². The molecule has 4 aliphatic rings. The van der Waals surface area contributed by atoms with Crippen LogP contribution in [0.1, 0.15) is 83.3 Å². The average Bonchev–Trinajstić information content (AvgIpc) is 3.56. The Kier molecular flexibility index (Phi) is 8.42. The molecule has 0 amide bonds. The molecule has 1 aromatic rings. The fourth-order valence-corrected chi connectivity index (χ4v) is 7.79. The predicted octanol–water partition coefficient (Wildman–Crippen LogP) is 4.08. The van der Waals surface area contributed by atoms with Crippen LogP contribution in [-0.4, -0.2) is 81.3 Å². The Balaban J connectivity index is 1.49. The van der Waals surface area contributed by atoms with Crippen LogP contribution in [0.25, 0.3) is 0 Å². The number of rotatable bonds is 10. The number of hydrogen-bond acceptors (Lipinski definition) is 10. The number of esters is 1. The molecule has 0 radical (unpaired) electrons. The molecule has 41 heavy (non-hydrogen) atoms. The third-order valence-electron chi connectivity index (χ3n) is 8.76. The zero-order chi connectivity index (χ0) is 29.6. The molecule has 3 aliphatic heterocycles. The van der Waals surface area contributed by atoms with Crippen LogP contribution in [0.4, 0.5) is 0 Å². The second-order valence-corrected chi connectivity index (χ2v) is 14.3. The second-order valence-electron chi connectivity index (χ2n) is 12.7. The number of hydrogen-bond donors (Lipinski definition) is 2. The Morgan fingerprint density at radius 1 is 1.17 bits per heavy atom. The predicted molar refractivity (Wildman–Crippen MR) is 155 cm³/mol. The van der Waals surface area contributed by atoms with Crippen LogP contribution in [-0.2, 0) is 25.5 Å². The minimum absolute atomic E-state index is 0.00379. The molecule has 226 valence electrons. The minimum atomic E-state index is -2.03. The number of methoxy groups -OCH3 is 1. The van der Waals surface area contributed by atoms with Crippen molar-refractivity contribution >= 4 is 22.8 Å². The molecule has 0 saturated carbocycles. The molecular formula is C31H43NO8S. The van der Waals surface area contributed by atoms with Gasteiger partial charge in [-0.2, -0.15) is 0 Å². The monoisotopic (exact) mass is 589 g/mol. The van der Waals surface area contributed by atoms with Gasteiger partial charge < -0.3 is 29.2 Å². The highest BCUT2D eigenvalue weighted by Crippen LogP contribution is 2.55. The van der Waals surface area contributed by atoms with Crippen LogP contribution < -0.4 is 9.47 Å². The normalized spacial score (nSPS) is 26.5. The van der Waals surface area contributed by atoms with Crippen molar-refractivity contribution in [1.29, 1.82) is 0 Å². The van der Waals surface area contributed by atoms with Gasteiger partial charge in [0.2, 0.25) is 6.79 Å². The maximum absolute atomic E-state index is 14.0. The maximum atomic E-state index is 14.0. The average molecular weight is 590 g/mol. The third-order valence-corrected chi connectivity index (χ3v) is 9.64. The summed E-state index contributed by atoms with van der Waals surface area (Å²) >= 11 is 1.10. The number of carbonyl (C=O) groups is 2. The zero-order valence-electron chi connectivity index (χ0n) is 24.7. The molecular weight excluding hydrogens is 546 g/mol. The summed E-state index contributed by atoms with van der Waals surface area (Å²) in [7, 11) is 1.58. The van der Waals surface area contributed by atoms with E-state index in [4.69, 9.17) is 18.9 Å². The summed E-state index contributed by atoms with van der Waals surface area (Å²) in [6, 6.07) is 4.05. The van der Waals surface area contributed by atoms with Gasteiger partial charge in [-0.25, -0.2) is 4.79 Å². The highest BCUT2D eigenvalue weighted by molar-refractivity contribution is 8.14. The van der Waals surface area contributed by atoms with E-state index in [0.717, 1.165) is 55.2 Å². The van der Waals surface area contributed by atoms with Gasteiger partial charge in [0, 0.05) is 11.8 Å². The number of fused-ring (bicyclic) bond motifs is 3. The second kappa shape index (κ2) is 11.4. The first-order chi connectivity index (χ1) is 19.3. The summed E-state index contributed by atoms with van der Waals surface area (Å²) < 4.78 is 23.5. The number of thioether (sulfide) groups is 1. The number of carbonyl (C=O) groups excluding carboxylic acids is 2. The van der Waals surface area contributed by atoms with Gasteiger partial charge in [-0.1, -0.05) is 25.6 Å². The van der Waals surface area contributed by atoms with Crippen molar-refractivity contribution in [2.24, 2.45) is 0 Å². The Hall–Kier alpha value is -2.27. The van der Waals surface area contributed by atoms with E-state index in [1.54, 1.807) is 21.0 Å². The van der Waals surface area contributed by atoms with Gasteiger partial charge in [0.1, 0.15) is 5.76 Å². The number of ether oxygens (including phenoxy) is 4. The van der Waals surface area contributed by atoms with E-state index >= 15 is 0 Å². The third kappa shape index (κ3) is 5.98. The lowest BCUT2D eigenvalue weighted by Gasteiger charge is -2.39. The smallest absolute Gasteiger partial charge is 0.339 e. The van der Waals surface area contributed by atoms with E-state index in [-0.39, 0.29) is 35.9 Å². The summed E-state index contributed by atoms with van der Waals surface area (Å²) in [6.45, 7) is 9.08. The van der Waals surface area contributed by atoms with E-state index in [1.807, 2.05) is 26.0 Å². The van der Waals surface area contributed by atoms with Crippen molar-refractivity contribution in [2.45, 2.75) is 107 Å². The SMILES string of the molecule is COC1=C[C@]23CCCN2CCc2cc4c(cc2C3[C@@H]1OC(=O)[C@](O)(CCCC(C)(C)O)CC(=O)SC(C)C)OCO4. The fourth-order valence-electron chi connectivity index (χ4n) is 6.94. The molecule has 0 bridgehead atoms. The van der Waals surface area contributed by atoms with Crippen LogP contribution in [0.2, 0.25) is 0 Å². The lowest BCUT2D eigenvalue weighted by atomic mass is 9.77. The van der Waals surface area contributed by atoms with Gasteiger partial charge in [0.25, 0.3) is 0 Å². The molecule has 1 aliphatic carbocycles. The molecule has 3 heterocycles. The molecule has 9 nitrogen and oxygen atoms in total. The summed E-state index contributed by atoms with van der Waals surface area (Å²) in [4.78, 5) is 29.3. The lowest BCUT2D eigenvalue weighted by molar-refractivity contribution is -0.175. The van der Waals surface area contributed by atoms with Crippen molar-refractivity contribution in [3.63, 3.8) is 0 Å².